The van der Waals surface area contributed by atoms with Gasteiger partial charge in [0.2, 0.25) is 0 Å². The highest BCUT2D eigenvalue weighted by Crippen LogP contribution is 2.22. The van der Waals surface area contributed by atoms with Crippen molar-refractivity contribution in [2.24, 2.45) is 10.2 Å². The normalized spacial score (nSPS) is 11.6. The fourth-order valence-electron chi connectivity index (χ4n) is 1.39. The van der Waals surface area contributed by atoms with Crippen LogP contribution in [0.15, 0.2) is 46.6 Å². The van der Waals surface area contributed by atoms with E-state index in [0.29, 0.717) is 20.1 Å². The van der Waals surface area contributed by atoms with E-state index in [1.165, 1.54) is 0 Å². The third-order valence-corrected chi connectivity index (χ3v) is 3.85. The number of rotatable bonds is 3. The van der Waals surface area contributed by atoms with Crippen molar-refractivity contribution in [2.75, 3.05) is 0 Å². The average molecular weight is 346 g/mol. The van der Waals surface area contributed by atoms with Crippen LogP contribution in [0.1, 0.15) is 11.1 Å². The molecule has 0 radical (unpaired) electrons. The van der Waals surface area contributed by atoms with Crippen molar-refractivity contribution in [3.8, 4) is 0 Å². The number of hydrogen-bond acceptors (Lipinski definition) is 2. The first kappa shape index (κ1) is 15.3. The van der Waals surface area contributed by atoms with Crippen LogP contribution >= 0.6 is 46.4 Å². The third kappa shape index (κ3) is 4.22. The van der Waals surface area contributed by atoms with Gasteiger partial charge in [-0.05, 0) is 35.4 Å². The van der Waals surface area contributed by atoms with Gasteiger partial charge in [-0.3, -0.25) is 0 Å². The van der Waals surface area contributed by atoms with Crippen molar-refractivity contribution < 1.29 is 0 Å². The van der Waals surface area contributed by atoms with Crippen molar-refractivity contribution in [3.05, 3.63) is 67.6 Å². The standard InChI is InChI=1S/C14H8Cl4N2/c15-11-3-1-9(5-13(11)17)7-19-20-8-10-2-4-12(16)14(18)6-10/h1-8H/b19-7+,20-8?. The second-order valence-electron chi connectivity index (χ2n) is 3.84. The van der Waals surface area contributed by atoms with Crippen LogP contribution in [0.5, 0.6) is 0 Å². The Bertz CT molecular complexity index is 621. The largest absolute Gasteiger partial charge is 0.159 e. The molecule has 0 saturated carbocycles. The molecule has 2 nitrogen and oxygen atoms in total. The number of nitrogens with zero attached hydrogens (tertiary/aromatic N) is 2. The first-order valence-corrected chi connectivity index (χ1v) is 7.04. The molecule has 6 heteroatoms. The van der Waals surface area contributed by atoms with Gasteiger partial charge in [0.25, 0.3) is 0 Å². The van der Waals surface area contributed by atoms with E-state index < -0.39 is 0 Å². The minimum absolute atomic E-state index is 0.476. The zero-order chi connectivity index (χ0) is 14.5. The lowest BCUT2D eigenvalue weighted by Gasteiger charge is -1.96. The van der Waals surface area contributed by atoms with Crippen LogP contribution in [-0.2, 0) is 0 Å². The van der Waals surface area contributed by atoms with Gasteiger partial charge in [-0.25, -0.2) is 0 Å². The maximum absolute atomic E-state index is 5.90. The number of benzene rings is 2. The maximum atomic E-state index is 5.90. The van der Waals surface area contributed by atoms with Crippen molar-refractivity contribution in [2.45, 2.75) is 0 Å². The van der Waals surface area contributed by atoms with Gasteiger partial charge in [0.15, 0.2) is 0 Å². The summed E-state index contributed by atoms with van der Waals surface area (Å²) in [7, 11) is 0. The molecule has 0 spiro atoms. The molecule has 0 atom stereocenters. The molecule has 20 heavy (non-hydrogen) atoms. The molecule has 2 aromatic carbocycles. The van der Waals surface area contributed by atoms with Gasteiger partial charge in [-0.1, -0.05) is 58.5 Å². The zero-order valence-electron chi connectivity index (χ0n) is 10.0. The van der Waals surface area contributed by atoms with E-state index in [1.54, 1.807) is 48.8 Å². The summed E-state index contributed by atoms with van der Waals surface area (Å²) >= 11 is 23.4. The molecule has 0 heterocycles. The number of hydrogen-bond donors (Lipinski definition) is 0. The van der Waals surface area contributed by atoms with Gasteiger partial charge < -0.3 is 0 Å². The maximum Gasteiger partial charge on any atom is 0.0598 e. The Hall–Kier alpha value is -1.06. The lowest BCUT2D eigenvalue weighted by molar-refractivity contribution is 1.26. The smallest absolute Gasteiger partial charge is 0.0598 e. The molecule has 0 saturated heterocycles. The third-order valence-electron chi connectivity index (χ3n) is 2.37. The van der Waals surface area contributed by atoms with Gasteiger partial charge in [0.1, 0.15) is 0 Å². The SMILES string of the molecule is Clc1ccc(C=N/N=C/c2ccc(Cl)c(Cl)c2)cc1Cl. The topological polar surface area (TPSA) is 24.7 Å². The Kier molecular flexibility index (Phi) is 5.44. The van der Waals surface area contributed by atoms with Crippen molar-refractivity contribution in [3.63, 3.8) is 0 Å². The summed E-state index contributed by atoms with van der Waals surface area (Å²) < 4.78 is 0. The van der Waals surface area contributed by atoms with E-state index in [0.717, 1.165) is 11.1 Å². The molecule has 2 aromatic rings. The molecule has 102 valence electrons. The number of halogens is 4. The zero-order valence-corrected chi connectivity index (χ0v) is 13.0. The Morgan fingerprint density at radius 2 is 1.00 bits per heavy atom. The molecule has 0 unspecified atom stereocenters. The fourth-order valence-corrected chi connectivity index (χ4v) is 2.00. The lowest BCUT2D eigenvalue weighted by atomic mass is 10.2. The van der Waals surface area contributed by atoms with Crippen LogP contribution in [0, 0.1) is 0 Å². The molecule has 0 amide bonds. The van der Waals surface area contributed by atoms with Crippen LogP contribution in [-0.4, -0.2) is 12.4 Å². The molecule has 2 rings (SSSR count). The van der Waals surface area contributed by atoms with Crippen LogP contribution in [0.2, 0.25) is 20.1 Å². The molecule has 0 bridgehead atoms. The van der Waals surface area contributed by atoms with E-state index in [4.69, 9.17) is 46.4 Å². The average Bonchev–Trinajstić information content (AvgIpc) is 2.42. The lowest BCUT2D eigenvalue weighted by Crippen LogP contribution is -1.82. The van der Waals surface area contributed by atoms with Crippen molar-refractivity contribution in [1.82, 2.24) is 0 Å². The second-order valence-corrected chi connectivity index (χ2v) is 5.47. The van der Waals surface area contributed by atoms with Crippen LogP contribution in [0.3, 0.4) is 0 Å². The van der Waals surface area contributed by atoms with Gasteiger partial charge in [-0.2, -0.15) is 10.2 Å². The quantitative estimate of drug-likeness (QED) is 0.499. The summed E-state index contributed by atoms with van der Waals surface area (Å²) in [5.74, 6) is 0. The molecule has 0 aromatic heterocycles. The predicted molar refractivity (Wildman–Crippen MR) is 88.1 cm³/mol. The monoisotopic (exact) mass is 344 g/mol. The molecular weight excluding hydrogens is 338 g/mol. The van der Waals surface area contributed by atoms with E-state index >= 15 is 0 Å². The molecule has 0 aliphatic rings. The van der Waals surface area contributed by atoms with Crippen molar-refractivity contribution in [1.29, 1.82) is 0 Å². The summed E-state index contributed by atoms with van der Waals surface area (Å²) in [5.41, 5.74) is 1.62. The van der Waals surface area contributed by atoms with Crippen LogP contribution in [0.4, 0.5) is 0 Å². The molecular formula is C14H8Cl4N2. The first-order valence-electron chi connectivity index (χ1n) is 5.53. The second kappa shape index (κ2) is 7.09. The van der Waals surface area contributed by atoms with Crippen LogP contribution in [0.25, 0.3) is 0 Å². The van der Waals surface area contributed by atoms with Crippen LogP contribution < -0.4 is 0 Å². The van der Waals surface area contributed by atoms with Gasteiger partial charge >= 0.3 is 0 Å². The molecule has 0 fully saturated rings. The minimum atomic E-state index is 0.476. The van der Waals surface area contributed by atoms with Crippen molar-refractivity contribution >= 4 is 58.8 Å². The highest BCUT2D eigenvalue weighted by Gasteiger charge is 1.97. The summed E-state index contributed by atoms with van der Waals surface area (Å²) in [6.45, 7) is 0. The van der Waals surface area contributed by atoms with Gasteiger partial charge in [0.05, 0.1) is 32.5 Å². The predicted octanol–water partition coefficient (Wildman–Crippen LogP) is 5.75. The van der Waals surface area contributed by atoms with E-state index in [1.807, 2.05) is 0 Å². The summed E-state index contributed by atoms with van der Waals surface area (Å²) in [4.78, 5) is 0. The van der Waals surface area contributed by atoms with Gasteiger partial charge in [0, 0.05) is 0 Å². The summed E-state index contributed by atoms with van der Waals surface area (Å²) in [6.07, 6.45) is 3.16. The van der Waals surface area contributed by atoms with E-state index in [-0.39, 0.29) is 0 Å². The molecule has 0 aliphatic carbocycles. The van der Waals surface area contributed by atoms with E-state index in [2.05, 4.69) is 10.2 Å². The van der Waals surface area contributed by atoms with E-state index in [9.17, 15) is 0 Å². The fraction of sp³-hybridized carbons (Fsp3) is 0. The summed E-state index contributed by atoms with van der Waals surface area (Å²) in [5, 5.41) is 9.81. The Morgan fingerprint density at radius 1 is 0.600 bits per heavy atom. The Labute approximate surface area is 136 Å². The Balaban J connectivity index is 2.06. The molecule has 0 N–H and O–H groups in total. The van der Waals surface area contributed by atoms with Gasteiger partial charge in [-0.15, -0.1) is 0 Å². The minimum Gasteiger partial charge on any atom is -0.159 e. The summed E-state index contributed by atoms with van der Waals surface area (Å²) in [6, 6.07) is 10.4. The first-order chi connectivity index (χ1) is 9.56. The Morgan fingerprint density at radius 3 is 1.35 bits per heavy atom. The molecule has 0 aliphatic heterocycles. The highest BCUT2D eigenvalue weighted by molar-refractivity contribution is 6.42. The highest BCUT2D eigenvalue weighted by atomic mass is 35.5.